The summed E-state index contributed by atoms with van der Waals surface area (Å²) in [5.41, 5.74) is 0.691. The van der Waals surface area contributed by atoms with Crippen molar-refractivity contribution in [2.45, 2.75) is 0 Å². The molecule has 4 heterocycles. The molecule has 1 aliphatic rings. The third-order valence-electron chi connectivity index (χ3n) is 3.89. The molecule has 0 saturated carbocycles. The number of nitrogens with one attached hydrogen (secondary N) is 1. The number of fused-ring (bicyclic) bond motifs is 1. The van der Waals surface area contributed by atoms with Gasteiger partial charge >= 0.3 is 0 Å². The summed E-state index contributed by atoms with van der Waals surface area (Å²) >= 11 is 3.42. The Morgan fingerprint density at radius 2 is 2.09 bits per heavy atom. The summed E-state index contributed by atoms with van der Waals surface area (Å²) in [6.45, 7) is 2.60. The topological polar surface area (TPSA) is 91.2 Å². The second kappa shape index (κ2) is 5.65. The number of piperazine rings is 1. The summed E-state index contributed by atoms with van der Waals surface area (Å²) in [6.07, 6.45) is 3.03. The standard InChI is InChI=1S/C14H13BrN6O2/c15-11-10-12(19-18-11)16-8-17-13(10)20-3-5-21(6-4-20)14(22)9-2-1-7-23-9/h1-2,7-8H,3-6H2,(H,16,17,18,19). The van der Waals surface area contributed by atoms with Gasteiger partial charge in [-0.05, 0) is 28.1 Å². The summed E-state index contributed by atoms with van der Waals surface area (Å²) in [7, 11) is 0. The van der Waals surface area contributed by atoms with Crippen LogP contribution in [0.3, 0.4) is 0 Å². The maximum absolute atomic E-state index is 12.3. The minimum atomic E-state index is -0.0769. The van der Waals surface area contributed by atoms with E-state index in [4.69, 9.17) is 4.42 Å². The predicted molar refractivity (Wildman–Crippen MR) is 86.2 cm³/mol. The third kappa shape index (κ3) is 2.46. The number of hydrogen-bond donors (Lipinski definition) is 1. The Morgan fingerprint density at radius 1 is 1.26 bits per heavy atom. The van der Waals surface area contributed by atoms with Gasteiger partial charge < -0.3 is 14.2 Å². The van der Waals surface area contributed by atoms with Crippen molar-refractivity contribution in [1.29, 1.82) is 0 Å². The zero-order chi connectivity index (χ0) is 15.8. The Labute approximate surface area is 139 Å². The molecule has 0 aliphatic carbocycles. The van der Waals surface area contributed by atoms with Crippen molar-refractivity contribution in [3.63, 3.8) is 0 Å². The highest BCUT2D eigenvalue weighted by molar-refractivity contribution is 9.10. The first-order valence-corrected chi connectivity index (χ1v) is 7.95. The van der Waals surface area contributed by atoms with Gasteiger partial charge in [0.25, 0.3) is 5.91 Å². The molecule has 0 unspecified atom stereocenters. The van der Waals surface area contributed by atoms with E-state index in [1.807, 2.05) is 0 Å². The van der Waals surface area contributed by atoms with Crippen molar-refractivity contribution in [3.05, 3.63) is 35.1 Å². The van der Waals surface area contributed by atoms with Crippen LogP contribution in [0, 0.1) is 0 Å². The van der Waals surface area contributed by atoms with Crippen LogP contribution in [0.5, 0.6) is 0 Å². The van der Waals surface area contributed by atoms with Crippen LogP contribution in [0.1, 0.15) is 10.6 Å². The number of nitrogens with zero attached hydrogens (tertiary/aromatic N) is 5. The number of amides is 1. The minimum Gasteiger partial charge on any atom is -0.459 e. The highest BCUT2D eigenvalue weighted by atomic mass is 79.9. The zero-order valence-corrected chi connectivity index (χ0v) is 13.7. The number of aromatic nitrogens is 4. The lowest BCUT2D eigenvalue weighted by Crippen LogP contribution is -2.49. The van der Waals surface area contributed by atoms with Gasteiger partial charge in [-0.2, -0.15) is 5.10 Å². The number of carbonyl (C=O) groups excluding carboxylic acids is 1. The number of carbonyl (C=O) groups is 1. The minimum absolute atomic E-state index is 0.0769. The number of H-pyrrole nitrogens is 1. The van der Waals surface area contributed by atoms with E-state index in [1.165, 1.54) is 12.6 Å². The number of aromatic amines is 1. The van der Waals surface area contributed by atoms with Gasteiger partial charge in [-0.15, -0.1) is 0 Å². The Kier molecular flexibility index (Phi) is 3.49. The fourth-order valence-corrected chi connectivity index (χ4v) is 3.18. The first kappa shape index (κ1) is 14.2. The molecule has 1 amide bonds. The Hall–Kier alpha value is -2.42. The van der Waals surface area contributed by atoms with E-state index in [1.54, 1.807) is 17.0 Å². The van der Waals surface area contributed by atoms with Crippen LogP contribution in [0.25, 0.3) is 11.0 Å². The molecular formula is C14H13BrN6O2. The van der Waals surface area contributed by atoms with E-state index in [-0.39, 0.29) is 5.91 Å². The molecule has 3 aromatic rings. The van der Waals surface area contributed by atoms with Crippen molar-refractivity contribution in [3.8, 4) is 0 Å². The van der Waals surface area contributed by atoms with Crippen LogP contribution in [-0.4, -0.2) is 57.2 Å². The number of halogens is 1. The smallest absolute Gasteiger partial charge is 0.289 e. The van der Waals surface area contributed by atoms with Crippen LogP contribution in [0.15, 0.2) is 33.7 Å². The van der Waals surface area contributed by atoms with E-state index in [0.717, 1.165) is 11.2 Å². The SMILES string of the molecule is O=C(c1ccco1)N1CCN(c2ncnc3[nH]nc(Br)c23)CC1. The highest BCUT2D eigenvalue weighted by Gasteiger charge is 2.26. The molecule has 8 nitrogen and oxygen atoms in total. The fourth-order valence-electron chi connectivity index (χ4n) is 2.73. The number of anilines is 1. The van der Waals surface area contributed by atoms with Gasteiger partial charge in [0.15, 0.2) is 11.4 Å². The molecule has 1 saturated heterocycles. The maximum Gasteiger partial charge on any atom is 0.289 e. The van der Waals surface area contributed by atoms with Gasteiger partial charge in [-0.25, -0.2) is 9.97 Å². The molecule has 0 atom stereocenters. The van der Waals surface area contributed by atoms with E-state index in [2.05, 4.69) is 41.0 Å². The van der Waals surface area contributed by atoms with Gasteiger partial charge in [0, 0.05) is 26.2 Å². The lowest BCUT2D eigenvalue weighted by molar-refractivity contribution is 0.0714. The monoisotopic (exact) mass is 376 g/mol. The molecule has 3 aromatic heterocycles. The molecule has 4 rings (SSSR count). The van der Waals surface area contributed by atoms with Gasteiger partial charge in [-0.1, -0.05) is 0 Å². The molecule has 1 N–H and O–H groups in total. The van der Waals surface area contributed by atoms with Crippen molar-refractivity contribution in [1.82, 2.24) is 25.1 Å². The second-order valence-electron chi connectivity index (χ2n) is 5.19. The largest absolute Gasteiger partial charge is 0.459 e. The Bertz CT molecular complexity index is 838. The molecule has 0 radical (unpaired) electrons. The van der Waals surface area contributed by atoms with E-state index in [0.29, 0.717) is 42.2 Å². The normalized spacial score (nSPS) is 15.3. The van der Waals surface area contributed by atoms with E-state index >= 15 is 0 Å². The highest BCUT2D eigenvalue weighted by Crippen LogP contribution is 2.28. The fraction of sp³-hybridized carbons (Fsp3) is 0.286. The maximum atomic E-state index is 12.3. The lowest BCUT2D eigenvalue weighted by atomic mass is 10.2. The van der Waals surface area contributed by atoms with Crippen LogP contribution in [-0.2, 0) is 0 Å². The lowest BCUT2D eigenvalue weighted by Gasteiger charge is -2.35. The molecule has 23 heavy (non-hydrogen) atoms. The average Bonchev–Trinajstić information content (AvgIpc) is 3.25. The Balaban J connectivity index is 1.53. The van der Waals surface area contributed by atoms with Gasteiger partial charge in [-0.3, -0.25) is 9.89 Å². The molecule has 9 heteroatoms. The van der Waals surface area contributed by atoms with Gasteiger partial charge in [0.05, 0.1) is 11.6 Å². The van der Waals surface area contributed by atoms with E-state index < -0.39 is 0 Å². The molecule has 0 spiro atoms. The quantitative estimate of drug-likeness (QED) is 0.731. The van der Waals surface area contributed by atoms with Crippen LogP contribution < -0.4 is 4.90 Å². The van der Waals surface area contributed by atoms with Crippen LogP contribution in [0.4, 0.5) is 5.82 Å². The zero-order valence-electron chi connectivity index (χ0n) is 12.1. The molecule has 1 fully saturated rings. The number of hydrogen-bond acceptors (Lipinski definition) is 6. The first-order chi connectivity index (χ1) is 11.2. The van der Waals surface area contributed by atoms with Crippen molar-refractivity contribution < 1.29 is 9.21 Å². The van der Waals surface area contributed by atoms with Crippen LogP contribution in [0.2, 0.25) is 0 Å². The molecule has 0 bridgehead atoms. The number of rotatable bonds is 2. The van der Waals surface area contributed by atoms with Crippen molar-refractivity contribution in [2.75, 3.05) is 31.1 Å². The third-order valence-corrected chi connectivity index (χ3v) is 4.47. The molecule has 118 valence electrons. The molecular weight excluding hydrogens is 364 g/mol. The van der Waals surface area contributed by atoms with E-state index in [9.17, 15) is 4.79 Å². The first-order valence-electron chi connectivity index (χ1n) is 7.16. The second-order valence-corrected chi connectivity index (χ2v) is 5.94. The summed E-state index contributed by atoms with van der Waals surface area (Å²) in [5.74, 6) is 1.12. The van der Waals surface area contributed by atoms with Gasteiger partial charge in [0.2, 0.25) is 0 Å². The summed E-state index contributed by atoms with van der Waals surface area (Å²) in [6, 6.07) is 3.41. The van der Waals surface area contributed by atoms with Crippen molar-refractivity contribution in [2.24, 2.45) is 0 Å². The molecule has 0 aromatic carbocycles. The summed E-state index contributed by atoms with van der Waals surface area (Å²) in [4.78, 5) is 24.8. The van der Waals surface area contributed by atoms with Crippen molar-refractivity contribution >= 4 is 38.7 Å². The average molecular weight is 377 g/mol. The Morgan fingerprint density at radius 3 is 2.83 bits per heavy atom. The number of furan rings is 1. The summed E-state index contributed by atoms with van der Waals surface area (Å²) < 4.78 is 5.87. The predicted octanol–water partition coefficient (Wildman–Crippen LogP) is 1.67. The molecule has 1 aliphatic heterocycles. The van der Waals surface area contributed by atoms with Crippen LogP contribution >= 0.6 is 15.9 Å². The van der Waals surface area contributed by atoms with Gasteiger partial charge in [0.1, 0.15) is 16.7 Å². The summed E-state index contributed by atoms with van der Waals surface area (Å²) in [5, 5.41) is 7.83.